The van der Waals surface area contributed by atoms with Crippen LogP contribution >= 0.6 is 0 Å². The van der Waals surface area contributed by atoms with Crippen LogP contribution in [0.1, 0.15) is 50.4 Å². The Kier molecular flexibility index (Phi) is 6.23. The van der Waals surface area contributed by atoms with Gasteiger partial charge in [-0.3, -0.25) is 4.99 Å². The maximum Gasteiger partial charge on any atom is 0.127 e. The van der Waals surface area contributed by atoms with Crippen LogP contribution < -0.4 is 0 Å². The Morgan fingerprint density at radius 2 is 1.22 bits per heavy atom. The summed E-state index contributed by atoms with van der Waals surface area (Å²) in [6.07, 6.45) is 1.80. The molecule has 2 heteroatoms. The van der Waals surface area contributed by atoms with E-state index in [1.165, 1.54) is 22.3 Å². The van der Waals surface area contributed by atoms with E-state index in [0.29, 0.717) is 0 Å². The van der Waals surface area contributed by atoms with Crippen molar-refractivity contribution in [2.45, 2.75) is 33.6 Å². The third-order valence-electron chi connectivity index (χ3n) is 5.86. The van der Waals surface area contributed by atoms with Crippen LogP contribution in [-0.2, 0) is 0 Å². The number of benzene rings is 4. The number of phenols is 1. The fourth-order valence-corrected chi connectivity index (χ4v) is 4.46. The van der Waals surface area contributed by atoms with Gasteiger partial charge in [-0.05, 0) is 67.1 Å². The number of rotatable bonds is 5. The lowest BCUT2D eigenvalue weighted by Crippen LogP contribution is -2.05. The monoisotopic (exact) mass is 419 g/mol. The van der Waals surface area contributed by atoms with Crippen molar-refractivity contribution in [3.8, 4) is 5.75 Å². The molecule has 0 aliphatic heterocycles. The van der Waals surface area contributed by atoms with Crippen LogP contribution in [0.3, 0.4) is 0 Å². The molecule has 4 aromatic rings. The molecule has 0 bridgehead atoms. The highest BCUT2D eigenvalue weighted by molar-refractivity contribution is 5.87. The minimum Gasteiger partial charge on any atom is -0.507 e. The third-order valence-corrected chi connectivity index (χ3v) is 5.86. The molecule has 2 nitrogen and oxygen atoms in total. The number of hydrogen-bond donors (Lipinski definition) is 1. The topological polar surface area (TPSA) is 32.6 Å². The number of phenolic OH excluding ortho intramolecular Hbond substituents is 1. The minimum atomic E-state index is 0.0657. The summed E-state index contributed by atoms with van der Waals surface area (Å²) in [4.78, 5) is 4.95. The number of nitrogens with zero attached hydrogens (tertiary/aromatic N) is 1. The van der Waals surface area contributed by atoms with Gasteiger partial charge >= 0.3 is 0 Å². The van der Waals surface area contributed by atoms with E-state index in [1.54, 1.807) is 6.21 Å². The smallest absolute Gasteiger partial charge is 0.127 e. The van der Waals surface area contributed by atoms with E-state index in [0.717, 1.165) is 27.9 Å². The van der Waals surface area contributed by atoms with E-state index in [1.807, 2.05) is 26.0 Å². The van der Waals surface area contributed by atoms with Crippen molar-refractivity contribution < 1.29 is 5.11 Å². The van der Waals surface area contributed by atoms with Crippen LogP contribution in [0.4, 0.5) is 5.69 Å². The molecule has 4 rings (SSSR count). The molecular weight excluding hydrogens is 390 g/mol. The van der Waals surface area contributed by atoms with E-state index >= 15 is 0 Å². The van der Waals surface area contributed by atoms with Crippen molar-refractivity contribution in [3.05, 3.63) is 129 Å². The summed E-state index contributed by atoms with van der Waals surface area (Å²) in [7, 11) is 0. The predicted molar refractivity (Wildman–Crippen MR) is 135 cm³/mol. The van der Waals surface area contributed by atoms with Crippen molar-refractivity contribution in [2.75, 3.05) is 0 Å². The van der Waals surface area contributed by atoms with E-state index in [9.17, 15) is 5.11 Å². The van der Waals surface area contributed by atoms with Crippen LogP contribution in [0.5, 0.6) is 5.75 Å². The predicted octanol–water partition coefficient (Wildman–Crippen LogP) is 7.56. The summed E-state index contributed by atoms with van der Waals surface area (Å²) in [6, 6.07) is 29.5. The summed E-state index contributed by atoms with van der Waals surface area (Å²) in [5, 5.41) is 10.6. The van der Waals surface area contributed by atoms with Crippen molar-refractivity contribution in [3.63, 3.8) is 0 Å². The summed E-state index contributed by atoms with van der Waals surface area (Å²) in [6.45, 7) is 8.20. The molecule has 0 aromatic heterocycles. The Bertz CT molecular complexity index is 1220. The van der Waals surface area contributed by atoms with Crippen LogP contribution in [0.2, 0.25) is 0 Å². The second kappa shape index (κ2) is 9.23. The van der Waals surface area contributed by atoms with Gasteiger partial charge in [0.25, 0.3) is 0 Å². The second-order valence-corrected chi connectivity index (χ2v) is 8.55. The first-order chi connectivity index (χ1) is 15.4. The van der Waals surface area contributed by atoms with Gasteiger partial charge in [-0.15, -0.1) is 0 Å². The largest absolute Gasteiger partial charge is 0.507 e. The third kappa shape index (κ3) is 4.50. The maximum absolute atomic E-state index is 10.6. The molecule has 0 aliphatic carbocycles. The normalized spacial score (nSPS) is 11.4. The average Bonchev–Trinajstić information content (AvgIpc) is 2.78. The lowest BCUT2D eigenvalue weighted by Gasteiger charge is -2.22. The molecule has 160 valence electrons. The van der Waals surface area contributed by atoms with Crippen molar-refractivity contribution in [1.82, 2.24) is 0 Å². The Morgan fingerprint density at radius 1 is 0.688 bits per heavy atom. The first-order valence-corrected chi connectivity index (χ1v) is 11.0. The quantitative estimate of drug-likeness (QED) is 0.263. The summed E-state index contributed by atoms with van der Waals surface area (Å²) < 4.78 is 0. The lowest BCUT2D eigenvalue weighted by molar-refractivity contribution is 0.470. The summed E-state index contributed by atoms with van der Waals surface area (Å²) in [5.74, 6) is 0.351. The van der Waals surface area contributed by atoms with Gasteiger partial charge in [0.05, 0.1) is 5.69 Å². The van der Waals surface area contributed by atoms with E-state index in [2.05, 4.69) is 86.6 Å². The zero-order valence-electron chi connectivity index (χ0n) is 19.1. The second-order valence-electron chi connectivity index (χ2n) is 8.55. The first kappa shape index (κ1) is 21.6. The van der Waals surface area contributed by atoms with Crippen LogP contribution in [0.25, 0.3) is 0 Å². The standard InChI is InChI=1S/C30H29NO/c1-20-16-23(4)30(32)26(17-20)19-31-29-22(3)15-21(2)18-27(29)28(24-11-7-5-8-12-24)25-13-9-6-10-14-25/h5-19,28,32H,1-4H3. The molecule has 0 radical (unpaired) electrons. The number of aliphatic imine (C=N–C) groups is 1. The Hall–Kier alpha value is -3.65. The fraction of sp³-hybridized carbons (Fsp3) is 0.167. The molecule has 0 heterocycles. The Labute approximate surface area is 190 Å². The van der Waals surface area contributed by atoms with Crippen molar-refractivity contribution in [2.24, 2.45) is 4.99 Å². The molecule has 0 fully saturated rings. The van der Waals surface area contributed by atoms with Gasteiger partial charge in [0.15, 0.2) is 0 Å². The maximum atomic E-state index is 10.6. The molecule has 0 saturated heterocycles. The molecule has 1 N–H and O–H groups in total. The minimum absolute atomic E-state index is 0.0657. The van der Waals surface area contributed by atoms with Crippen LogP contribution in [-0.4, -0.2) is 11.3 Å². The molecule has 0 spiro atoms. The van der Waals surface area contributed by atoms with Crippen LogP contribution in [0.15, 0.2) is 89.9 Å². The molecule has 0 amide bonds. The van der Waals surface area contributed by atoms with Gasteiger partial charge in [0.1, 0.15) is 5.75 Å². The van der Waals surface area contributed by atoms with Gasteiger partial charge in [0, 0.05) is 17.7 Å². The van der Waals surface area contributed by atoms with Gasteiger partial charge in [-0.25, -0.2) is 0 Å². The first-order valence-electron chi connectivity index (χ1n) is 11.0. The zero-order chi connectivity index (χ0) is 22.7. The fourth-order valence-electron chi connectivity index (χ4n) is 4.46. The molecule has 0 unspecified atom stereocenters. The average molecular weight is 420 g/mol. The van der Waals surface area contributed by atoms with Gasteiger partial charge < -0.3 is 5.11 Å². The number of aromatic hydroxyl groups is 1. The molecule has 4 aromatic carbocycles. The van der Waals surface area contributed by atoms with Gasteiger partial charge in [-0.1, -0.05) is 84.4 Å². The van der Waals surface area contributed by atoms with Crippen LogP contribution in [0, 0.1) is 27.7 Å². The van der Waals surface area contributed by atoms with Gasteiger partial charge in [0.2, 0.25) is 0 Å². The Morgan fingerprint density at radius 3 is 1.81 bits per heavy atom. The SMILES string of the molecule is Cc1cc(C)c(O)c(C=Nc2c(C)cc(C)cc2C(c2ccccc2)c2ccccc2)c1. The highest BCUT2D eigenvalue weighted by Gasteiger charge is 2.21. The zero-order valence-corrected chi connectivity index (χ0v) is 19.1. The van der Waals surface area contributed by atoms with E-state index in [4.69, 9.17) is 4.99 Å². The van der Waals surface area contributed by atoms with E-state index < -0.39 is 0 Å². The van der Waals surface area contributed by atoms with Crippen molar-refractivity contribution >= 4 is 11.9 Å². The number of aryl methyl sites for hydroxylation is 4. The molecule has 32 heavy (non-hydrogen) atoms. The lowest BCUT2D eigenvalue weighted by atomic mass is 9.83. The Balaban J connectivity index is 1.91. The number of hydrogen-bond acceptors (Lipinski definition) is 2. The summed E-state index contributed by atoms with van der Waals surface area (Å²) in [5.41, 5.74) is 9.62. The summed E-state index contributed by atoms with van der Waals surface area (Å²) >= 11 is 0. The molecule has 0 atom stereocenters. The molecule has 0 aliphatic rings. The van der Waals surface area contributed by atoms with Gasteiger partial charge in [-0.2, -0.15) is 0 Å². The molecular formula is C30H29NO. The van der Waals surface area contributed by atoms with Crippen molar-refractivity contribution in [1.29, 1.82) is 0 Å². The molecule has 0 saturated carbocycles. The highest BCUT2D eigenvalue weighted by Crippen LogP contribution is 2.39. The van der Waals surface area contributed by atoms with E-state index in [-0.39, 0.29) is 11.7 Å². The highest BCUT2D eigenvalue weighted by atomic mass is 16.3.